The number of benzene rings is 10. The van der Waals surface area contributed by atoms with Gasteiger partial charge in [0.05, 0.1) is 17.1 Å². The molecule has 2 heteroatoms. The average molecular weight is 851 g/mol. The van der Waals surface area contributed by atoms with Crippen molar-refractivity contribution in [3.63, 3.8) is 0 Å². The molecule has 0 radical (unpaired) electrons. The maximum atomic E-state index is 2.58. The van der Waals surface area contributed by atoms with Crippen LogP contribution in [0.1, 0.15) is 69.6 Å². The number of rotatable bonds is 6. The molecule has 5 aliphatic rings. The first kappa shape index (κ1) is 38.4. The molecule has 2 nitrogen and oxygen atoms in total. The van der Waals surface area contributed by atoms with Gasteiger partial charge in [0.15, 0.2) is 0 Å². The molecule has 320 valence electrons. The van der Waals surface area contributed by atoms with Gasteiger partial charge in [0.1, 0.15) is 0 Å². The van der Waals surface area contributed by atoms with Crippen molar-refractivity contribution in [3.8, 4) is 11.1 Å². The highest BCUT2D eigenvalue weighted by atomic mass is 15.2. The van der Waals surface area contributed by atoms with E-state index in [1.807, 2.05) is 0 Å². The molecule has 10 aromatic rings. The van der Waals surface area contributed by atoms with Crippen molar-refractivity contribution < 1.29 is 0 Å². The molecule has 15 rings (SSSR count). The normalized spacial score (nSPS) is 21.6. The number of fused-ring (bicyclic) bond motifs is 4. The van der Waals surface area contributed by atoms with Crippen LogP contribution in [0.15, 0.2) is 188 Å². The van der Waals surface area contributed by atoms with E-state index in [1.54, 1.807) is 11.1 Å². The number of nitrogens with zero attached hydrogens (tertiary/aromatic N) is 2. The smallest absolute Gasteiger partial charge is 0.0540 e. The number of para-hydroxylation sites is 1. The topological polar surface area (TPSA) is 6.48 Å². The molecule has 0 atom stereocenters. The highest BCUT2D eigenvalue weighted by Gasteiger charge is 2.61. The Labute approximate surface area is 388 Å². The largest absolute Gasteiger partial charge is 0.310 e. The Morgan fingerprint density at radius 3 is 1.64 bits per heavy atom. The van der Waals surface area contributed by atoms with E-state index in [4.69, 9.17) is 0 Å². The summed E-state index contributed by atoms with van der Waals surface area (Å²) in [6, 6.07) is 71.8. The Kier molecular flexibility index (Phi) is 8.17. The van der Waals surface area contributed by atoms with Crippen molar-refractivity contribution in [2.24, 2.45) is 23.7 Å². The predicted molar refractivity (Wildman–Crippen MR) is 279 cm³/mol. The Hall–Kier alpha value is -6.90. The van der Waals surface area contributed by atoms with E-state index in [1.165, 1.54) is 120 Å². The van der Waals surface area contributed by atoms with Gasteiger partial charge >= 0.3 is 0 Å². The van der Waals surface area contributed by atoms with Crippen molar-refractivity contribution in [2.75, 3.05) is 9.80 Å². The minimum absolute atomic E-state index is 0.0536. The number of hydrogen-bond acceptors (Lipinski definition) is 2. The molecule has 0 aromatic heterocycles. The average Bonchev–Trinajstić information content (AvgIpc) is 3.63. The molecule has 0 heterocycles. The first-order valence-corrected chi connectivity index (χ1v) is 24.5. The lowest BCUT2D eigenvalue weighted by molar-refractivity contribution is -0.0399. The Balaban J connectivity index is 0.990. The summed E-state index contributed by atoms with van der Waals surface area (Å²) in [4.78, 5) is 5.03. The van der Waals surface area contributed by atoms with E-state index < -0.39 is 0 Å². The first-order chi connectivity index (χ1) is 32.3. The van der Waals surface area contributed by atoms with Gasteiger partial charge < -0.3 is 9.80 Å². The summed E-state index contributed by atoms with van der Waals surface area (Å²) in [5.41, 5.74) is 14.7. The van der Waals surface area contributed by atoms with E-state index in [-0.39, 0.29) is 10.8 Å². The van der Waals surface area contributed by atoms with Gasteiger partial charge in [0, 0.05) is 38.6 Å². The predicted octanol–water partition coefficient (Wildman–Crippen LogP) is 17.7. The van der Waals surface area contributed by atoms with Crippen LogP contribution >= 0.6 is 0 Å². The molecular formula is C64H54N2. The van der Waals surface area contributed by atoms with E-state index in [2.05, 4.69) is 219 Å². The van der Waals surface area contributed by atoms with Crippen LogP contribution in [-0.4, -0.2) is 0 Å². The molecule has 1 spiro atoms. The lowest BCUT2D eigenvalue weighted by atomic mass is 9.43. The van der Waals surface area contributed by atoms with E-state index >= 15 is 0 Å². The lowest BCUT2D eigenvalue weighted by Crippen LogP contribution is -2.55. The summed E-state index contributed by atoms with van der Waals surface area (Å²) in [6.07, 6.45) is 7.04. The quantitative estimate of drug-likeness (QED) is 0.154. The second-order valence-corrected chi connectivity index (χ2v) is 21.3. The van der Waals surface area contributed by atoms with Gasteiger partial charge in [-0.15, -0.1) is 0 Å². The minimum atomic E-state index is 0.0536. The summed E-state index contributed by atoms with van der Waals surface area (Å²) >= 11 is 0. The molecule has 0 saturated heterocycles. The standard InChI is InChI=1S/C64H54N2/c1-63(2,3)45-24-26-49(27-25-45)65(50-28-31-57-55(39-50)52-17-9-10-18-56(52)64(57)46-35-40-34-41(37-46)38-47(64)36-40)59-32-22-43-21-30-54-60(33-23-44-20-29-53(59)61(43)62(44)54)66(48-14-5-4-6-15-48)58-19-11-13-42-12-7-8-16-51(42)58/h4-33,39-41,46-47H,34-38H2,1-3H3. The van der Waals surface area contributed by atoms with Crippen LogP contribution in [0.2, 0.25) is 0 Å². The molecule has 0 aliphatic heterocycles. The molecule has 0 unspecified atom stereocenters. The van der Waals surface area contributed by atoms with Crippen molar-refractivity contribution >= 4 is 77.2 Å². The second kappa shape index (κ2) is 14.1. The van der Waals surface area contributed by atoms with E-state index in [0.717, 1.165) is 29.4 Å². The van der Waals surface area contributed by atoms with Crippen LogP contribution < -0.4 is 9.80 Å². The maximum absolute atomic E-state index is 2.58. The Morgan fingerprint density at radius 2 is 0.939 bits per heavy atom. The van der Waals surface area contributed by atoms with Crippen molar-refractivity contribution in [3.05, 3.63) is 205 Å². The summed E-state index contributed by atoms with van der Waals surface area (Å²) in [6.45, 7) is 6.93. The first-order valence-electron chi connectivity index (χ1n) is 24.5. The van der Waals surface area contributed by atoms with Crippen LogP contribution in [-0.2, 0) is 10.8 Å². The van der Waals surface area contributed by atoms with Crippen LogP contribution in [0.4, 0.5) is 34.1 Å². The third kappa shape index (κ3) is 5.42. The van der Waals surface area contributed by atoms with Gasteiger partial charge in [-0.1, -0.05) is 154 Å². The van der Waals surface area contributed by atoms with Crippen LogP contribution in [0.25, 0.3) is 54.2 Å². The van der Waals surface area contributed by atoms with Gasteiger partial charge in [-0.25, -0.2) is 0 Å². The van der Waals surface area contributed by atoms with Crippen LogP contribution in [0.3, 0.4) is 0 Å². The zero-order valence-corrected chi connectivity index (χ0v) is 38.1. The zero-order valence-electron chi connectivity index (χ0n) is 38.1. The van der Waals surface area contributed by atoms with Crippen molar-refractivity contribution in [2.45, 2.75) is 63.7 Å². The molecule has 4 fully saturated rings. The van der Waals surface area contributed by atoms with Crippen molar-refractivity contribution in [1.82, 2.24) is 0 Å². The van der Waals surface area contributed by atoms with Gasteiger partial charge in [-0.2, -0.15) is 0 Å². The lowest BCUT2D eigenvalue weighted by Gasteiger charge is -2.61. The van der Waals surface area contributed by atoms with Gasteiger partial charge in [-0.3, -0.25) is 0 Å². The van der Waals surface area contributed by atoms with Gasteiger partial charge in [-0.05, 0) is 171 Å². The van der Waals surface area contributed by atoms with E-state index in [0.29, 0.717) is 0 Å². The summed E-state index contributed by atoms with van der Waals surface area (Å²) < 4.78 is 0. The molecule has 5 aliphatic carbocycles. The van der Waals surface area contributed by atoms with E-state index in [9.17, 15) is 0 Å². The van der Waals surface area contributed by atoms with Crippen molar-refractivity contribution in [1.29, 1.82) is 0 Å². The SMILES string of the molecule is CC(C)(C)c1ccc(N(c2ccc3c(c2)-c2ccccc2C32C3CC4CC(C3)CC2C4)c2ccc3ccc4c(N(c5ccccc5)c5cccc6ccccc56)ccc5ccc2c3c54)cc1. The molecule has 4 saturated carbocycles. The van der Waals surface area contributed by atoms with Crippen LogP contribution in [0, 0.1) is 23.7 Å². The van der Waals surface area contributed by atoms with Gasteiger partial charge in [0.25, 0.3) is 0 Å². The zero-order chi connectivity index (χ0) is 43.9. The highest BCUT2D eigenvalue weighted by molar-refractivity contribution is 6.28. The fourth-order valence-corrected chi connectivity index (χ4v) is 14.4. The molecule has 4 bridgehead atoms. The number of hydrogen-bond donors (Lipinski definition) is 0. The Morgan fingerprint density at radius 1 is 0.394 bits per heavy atom. The molecular weight excluding hydrogens is 797 g/mol. The Bertz CT molecular complexity index is 3500. The third-order valence-electron chi connectivity index (χ3n) is 16.9. The second-order valence-electron chi connectivity index (χ2n) is 21.3. The fourth-order valence-electron chi connectivity index (χ4n) is 14.4. The minimum Gasteiger partial charge on any atom is -0.310 e. The summed E-state index contributed by atoms with van der Waals surface area (Å²) in [5.74, 6) is 3.32. The summed E-state index contributed by atoms with van der Waals surface area (Å²) in [5, 5.41) is 10.1. The molecule has 10 aromatic carbocycles. The third-order valence-corrected chi connectivity index (χ3v) is 16.9. The fraction of sp³-hybridized carbons (Fsp3) is 0.219. The summed E-state index contributed by atoms with van der Waals surface area (Å²) in [7, 11) is 0. The highest BCUT2D eigenvalue weighted by Crippen LogP contribution is 2.69. The molecule has 0 N–H and O–H groups in total. The monoisotopic (exact) mass is 850 g/mol. The van der Waals surface area contributed by atoms with Gasteiger partial charge in [0.2, 0.25) is 0 Å². The molecule has 66 heavy (non-hydrogen) atoms. The molecule has 0 amide bonds. The van der Waals surface area contributed by atoms with Crippen LogP contribution in [0.5, 0.6) is 0 Å². The number of anilines is 6. The maximum Gasteiger partial charge on any atom is 0.0540 e.